The Hall–Kier alpha value is -2.50. The summed E-state index contributed by atoms with van der Waals surface area (Å²) < 4.78 is 17.1. The van der Waals surface area contributed by atoms with Crippen molar-refractivity contribution < 1.29 is 23.8 Å². The van der Waals surface area contributed by atoms with Gasteiger partial charge in [0.25, 0.3) is 0 Å². The van der Waals surface area contributed by atoms with Gasteiger partial charge in [0.15, 0.2) is 5.79 Å². The Morgan fingerprint density at radius 1 is 0.926 bits per heavy atom. The Balaban J connectivity index is 1.76. The molecule has 2 aromatic carbocycles. The van der Waals surface area contributed by atoms with Gasteiger partial charge < -0.3 is 14.2 Å². The van der Waals surface area contributed by atoms with Crippen molar-refractivity contribution in [1.82, 2.24) is 0 Å². The fourth-order valence-electron chi connectivity index (χ4n) is 3.27. The summed E-state index contributed by atoms with van der Waals surface area (Å²) in [4.78, 5) is 23.3. The largest absolute Gasteiger partial charge is 0.469 e. The van der Waals surface area contributed by atoms with Crippen LogP contribution in [-0.4, -0.2) is 24.6 Å². The smallest absolute Gasteiger partial charge is 0.313 e. The molecular weight excluding hydrogens is 344 g/mol. The summed E-state index contributed by atoms with van der Waals surface area (Å²) in [7, 11) is 1.27. The van der Waals surface area contributed by atoms with Crippen LogP contribution in [-0.2, 0) is 23.8 Å². The molecule has 27 heavy (non-hydrogen) atoms. The third-order valence-corrected chi connectivity index (χ3v) is 4.71. The molecule has 1 saturated heterocycles. The summed E-state index contributed by atoms with van der Waals surface area (Å²) in [6, 6.07) is 19.8. The van der Waals surface area contributed by atoms with E-state index in [2.05, 4.69) is 4.74 Å². The maximum Gasteiger partial charge on any atom is 0.313 e. The second kappa shape index (κ2) is 8.46. The molecule has 142 valence electrons. The Bertz CT molecular complexity index is 724. The van der Waals surface area contributed by atoms with Gasteiger partial charge in [0.05, 0.1) is 7.11 Å². The molecule has 0 aromatic heterocycles. The van der Waals surface area contributed by atoms with Crippen molar-refractivity contribution in [1.29, 1.82) is 0 Å². The number of Topliss-reactive ketones (excluding diaryl/α,β-unsaturated/α-hetero) is 1. The lowest BCUT2D eigenvalue weighted by molar-refractivity contribution is -0.170. The minimum atomic E-state index is -0.910. The van der Waals surface area contributed by atoms with Gasteiger partial charge in [0.1, 0.15) is 24.4 Å². The first-order chi connectivity index (χ1) is 13.0. The highest BCUT2D eigenvalue weighted by Crippen LogP contribution is 2.48. The predicted molar refractivity (Wildman–Crippen MR) is 99.8 cm³/mol. The lowest BCUT2D eigenvalue weighted by Gasteiger charge is -2.23. The molecule has 5 heteroatoms. The minimum Gasteiger partial charge on any atom is -0.469 e. The van der Waals surface area contributed by atoms with Crippen LogP contribution in [0.2, 0.25) is 0 Å². The first-order valence-electron chi connectivity index (χ1n) is 9.05. The van der Waals surface area contributed by atoms with E-state index in [1.165, 1.54) is 7.11 Å². The summed E-state index contributed by atoms with van der Waals surface area (Å²) in [5.74, 6) is -1.62. The standard InChI is InChI=1S/C22H24O5/c1-22(14-13-18(23)15-19(24)25-2)26-20(16-9-5-3-6-10-16)21(27-22)17-11-7-4-8-12-17/h3-12,20-21H,13-15H2,1-2H3/t20-,21-/m1/s1. The molecule has 2 aromatic rings. The third-order valence-electron chi connectivity index (χ3n) is 4.71. The third kappa shape index (κ3) is 4.81. The molecule has 0 amide bonds. The van der Waals surface area contributed by atoms with Crippen molar-refractivity contribution in [3.63, 3.8) is 0 Å². The van der Waals surface area contributed by atoms with E-state index in [1.54, 1.807) is 0 Å². The highest BCUT2D eigenvalue weighted by Gasteiger charge is 2.45. The molecule has 1 fully saturated rings. The molecule has 0 bridgehead atoms. The summed E-state index contributed by atoms with van der Waals surface area (Å²) >= 11 is 0. The maximum absolute atomic E-state index is 12.0. The number of ether oxygens (including phenoxy) is 3. The number of hydrogen-bond donors (Lipinski definition) is 0. The molecular formula is C22H24O5. The number of hydrogen-bond acceptors (Lipinski definition) is 5. The number of esters is 1. The van der Waals surface area contributed by atoms with Gasteiger partial charge in [0, 0.05) is 12.8 Å². The summed E-state index contributed by atoms with van der Waals surface area (Å²) in [6.45, 7) is 1.84. The molecule has 2 atom stereocenters. The topological polar surface area (TPSA) is 61.8 Å². The van der Waals surface area contributed by atoms with Crippen molar-refractivity contribution in [2.24, 2.45) is 0 Å². The van der Waals surface area contributed by atoms with Crippen molar-refractivity contribution >= 4 is 11.8 Å². The van der Waals surface area contributed by atoms with Crippen LogP contribution in [0.1, 0.15) is 49.5 Å². The number of benzene rings is 2. The van der Waals surface area contributed by atoms with Crippen LogP contribution in [0.5, 0.6) is 0 Å². The SMILES string of the molecule is COC(=O)CC(=O)CCC1(C)O[C@H](c2ccccc2)[C@@H](c2ccccc2)O1. The van der Waals surface area contributed by atoms with E-state index >= 15 is 0 Å². The molecule has 0 unspecified atom stereocenters. The van der Waals surface area contributed by atoms with Gasteiger partial charge in [-0.2, -0.15) is 0 Å². The lowest BCUT2D eigenvalue weighted by Crippen LogP contribution is -2.27. The lowest BCUT2D eigenvalue weighted by atomic mass is 9.99. The van der Waals surface area contributed by atoms with Gasteiger partial charge in [-0.1, -0.05) is 60.7 Å². The fourth-order valence-corrected chi connectivity index (χ4v) is 3.27. The monoisotopic (exact) mass is 368 g/mol. The Morgan fingerprint density at radius 2 is 1.41 bits per heavy atom. The van der Waals surface area contributed by atoms with Crippen molar-refractivity contribution in [2.45, 2.75) is 44.2 Å². The van der Waals surface area contributed by atoms with Crippen molar-refractivity contribution in [3.05, 3.63) is 71.8 Å². The van der Waals surface area contributed by atoms with Crippen LogP contribution < -0.4 is 0 Å². The van der Waals surface area contributed by atoms with Gasteiger partial charge in [-0.3, -0.25) is 9.59 Å². The number of carbonyl (C=O) groups excluding carboxylic acids is 2. The first kappa shape index (κ1) is 19.3. The zero-order valence-electron chi connectivity index (χ0n) is 15.6. The molecule has 0 N–H and O–H groups in total. The van der Waals surface area contributed by atoms with Crippen LogP contribution in [0.4, 0.5) is 0 Å². The zero-order valence-corrected chi connectivity index (χ0v) is 15.6. The van der Waals surface area contributed by atoms with Crippen molar-refractivity contribution in [3.8, 4) is 0 Å². The van der Waals surface area contributed by atoms with Crippen LogP contribution in [0.25, 0.3) is 0 Å². The summed E-state index contributed by atoms with van der Waals surface area (Å²) in [5, 5.41) is 0. The van der Waals surface area contributed by atoms with Gasteiger partial charge in [-0.15, -0.1) is 0 Å². The predicted octanol–water partition coefficient (Wildman–Crippen LogP) is 4.14. The molecule has 0 radical (unpaired) electrons. The molecule has 3 rings (SSSR count). The van der Waals surface area contributed by atoms with Gasteiger partial charge in [-0.25, -0.2) is 0 Å². The van der Waals surface area contributed by atoms with E-state index in [9.17, 15) is 9.59 Å². The first-order valence-corrected chi connectivity index (χ1v) is 9.05. The number of methoxy groups -OCH3 is 1. The average Bonchev–Trinajstić information content (AvgIpc) is 3.06. The van der Waals surface area contributed by atoms with Crippen LogP contribution >= 0.6 is 0 Å². The fraction of sp³-hybridized carbons (Fsp3) is 0.364. The average molecular weight is 368 g/mol. The quantitative estimate of drug-likeness (QED) is 0.543. The van der Waals surface area contributed by atoms with E-state index in [4.69, 9.17) is 9.47 Å². The molecule has 1 aliphatic rings. The van der Waals surface area contributed by atoms with Gasteiger partial charge >= 0.3 is 5.97 Å². The molecule has 0 spiro atoms. The second-order valence-corrected chi connectivity index (χ2v) is 6.82. The Morgan fingerprint density at radius 3 is 1.85 bits per heavy atom. The van der Waals surface area contributed by atoms with Gasteiger partial charge in [0.2, 0.25) is 0 Å². The van der Waals surface area contributed by atoms with Crippen LogP contribution in [0, 0.1) is 0 Å². The minimum absolute atomic E-state index is 0.185. The molecule has 0 saturated carbocycles. The number of carbonyl (C=O) groups is 2. The Kier molecular flexibility index (Phi) is 6.04. The number of rotatable bonds is 7. The second-order valence-electron chi connectivity index (χ2n) is 6.82. The van der Waals surface area contributed by atoms with E-state index in [0.717, 1.165) is 11.1 Å². The van der Waals surface area contributed by atoms with Gasteiger partial charge in [-0.05, 0) is 18.1 Å². The molecule has 0 aliphatic carbocycles. The highest BCUT2D eigenvalue weighted by molar-refractivity contribution is 5.95. The molecule has 1 heterocycles. The zero-order chi connectivity index (χ0) is 19.3. The van der Waals surface area contributed by atoms with E-state index in [-0.39, 0.29) is 30.8 Å². The maximum atomic E-state index is 12.0. The summed E-state index contributed by atoms with van der Waals surface area (Å²) in [5.41, 5.74) is 2.05. The normalized spacial score (nSPS) is 21.0. The molecule has 5 nitrogen and oxygen atoms in total. The van der Waals surface area contributed by atoms with E-state index < -0.39 is 11.8 Å². The summed E-state index contributed by atoms with van der Waals surface area (Å²) in [6.07, 6.45) is -0.204. The van der Waals surface area contributed by atoms with Crippen molar-refractivity contribution in [2.75, 3.05) is 7.11 Å². The van der Waals surface area contributed by atoms with Crippen LogP contribution in [0.15, 0.2) is 60.7 Å². The Labute approximate surface area is 159 Å². The molecule has 1 aliphatic heterocycles. The van der Waals surface area contributed by atoms with Crippen LogP contribution in [0.3, 0.4) is 0 Å². The number of ketones is 1. The van der Waals surface area contributed by atoms with E-state index in [0.29, 0.717) is 6.42 Å². The van der Waals surface area contributed by atoms with E-state index in [1.807, 2.05) is 67.6 Å². The highest BCUT2D eigenvalue weighted by atomic mass is 16.8.